The molecule has 0 aromatic rings. The molecular weight excluding hydrogens is 332 g/mol. The molecule has 0 radical (unpaired) electrons. The number of carbonyl (C=O) groups excluding carboxylic acids is 3. The summed E-state index contributed by atoms with van der Waals surface area (Å²) in [7, 11) is 0. The highest BCUT2D eigenvalue weighted by Gasteiger charge is 2.58. The molecule has 0 saturated heterocycles. The zero-order valence-electron chi connectivity index (χ0n) is 16.5. The van der Waals surface area contributed by atoms with Crippen LogP contribution in [0.1, 0.15) is 60.8 Å². The van der Waals surface area contributed by atoms with Crippen molar-refractivity contribution >= 4 is 17.3 Å². The van der Waals surface area contributed by atoms with E-state index in [1.165, 1.54) is 0 Å². The molecule has 0 fully saturated rings. The second kappa shape index (κ2) is 8.58. The quantitative estimate of drug-likeness (QED) is 0.508. The van der Waals surface area contributed by atoms with Crippen molar-refractivity contribution in [2.24, 2.45) is 11.8 Å². The van der Waals surface area contributed by atoms with E-state index < -0.39 is 40.2 Å². The van der Waals surface area contributed by atoms with Crippen LogP contribution in [0.15, 0.2) is 34.6 Å². The SMILES string of the molecule is CC(C)=CCC(=O)[C@]1(O)C(O)=C(C(=O)CC(C)C)C(=O)[C@H]1CC=C(C)C. The lowest BCUT2D eigenvalue weighted by molar-refractivity contribution is -0.144. The normalized spacial score (nSPS) is 22.6. The van der Waals surface area contributed by atoms with Gasteiger partial charge in [-0.15, -0.1) is 0 Å². The predicted octanol–water partition coefficient (Wildman–Crippen LogP) is 3.63. The van der Waals surface area contributed by atoms with Crippen LogP contribution in [0, 0.1) is 11.8 Å². The predicted molar refractivity (Wildman–Crippen MR) is 101 cm³/mol. The lowest BCUT2D eigenvalue weighted by Crippen LogP contribution is -2.46. The molecule has 0 aromatic heterocycles. The number of hydrogen-bond acceptors (Lipinski definition) is 5. The smallest absolute Gasteiger partial charge is 0.191 e. The molecule has 5 nitrogen and oxygen atoms in total. The van der Waals surface area contributed by atoms with Crippen LogP contribution in [0.5, 0.6) is 0 Å². The highest BCUT2D eigenvalue weighted by atomic mass is 16.3. The van der Waals surface area contributed by atoms with Gasteiger partial charge in [-0.05, 0) is 40.0 Å². The number of aliphatic hydroxyl groups is 2. The maximum absolute atomic E-state index is 12.8. The Hall–Kier alpha value is -2.01. The highest BCUT2D eigenvalue weighted by molar-refractivity contribution is 6.26. The van der Waals surface area contributed by atoms with Gasteiger partial charge in [-0.3, -0.25) is 14.4 Å². The summed E-state index contributed by atoms with van der Waals surface area (Å²) in [4.78, 5) is 38.0. The topological polar surface area (TPSA) is 91.7 Å². The summed E-state index contributed by atoms with van der Waals surface area (Å²) in [6.07, 6.45) is 3.39. The first-order chi connectivity index (χ1) is 11.9. The van der Waals surface area contributed by atoms with E-state index in [-0.39, 0.29) is 25.2 Å². The van der Waals surface area contributed by atoms with Gasteiger partial charge in [-0.25, -0.2) is 0 Å². The van der Waals surface area contributed by atoms with E-state index in [2.05, 4.69) is 0 Å². The van der Waals surface area contributed by atoms with Crippen LogP contribution in [-0.2, 0) is 14.4 Å². The minimum atomic E-state index is -2.35. The fourth-order valence-electron chi connectivity index (χ4n) is 2.99. The fraction of sp³-hybridized carbons (Fsp3) is 0.571. The van der Waals surface area contributed by atoms with Crippen LogP contribution in [0.3, 0.4) is 0 Å². The number of hydrogen-bond donors (Lipinski definition) is 2. The van der Waals surface area contributed by atoms with Crippen LogP contribution < -0.4 is 0 Å². The summed E-state index contributed by atoms with van der Waals surface area (Å²) >= 11 is 0. The first-order valence-electron chi connectivity index (χ1n) is 8.96. The average Bonchev–Trinajstić information content (AvgIpc) is 2.69. The molecule has 144 valence electrons. The molecule has 0 bridgehead atoms. The van der Waals surface area contributed by atoms with Crippen molar-refractivity contribution in [2.75, 3.05) is 0 Å². The summed E-state index contributed by atoms with van der Waals surface area (Å²) in [5.41, 5.74) is -0.972. The van der Waals surface area contributed by atoms with Crippen LogP contribution in [-0.4, -0.2) is 33.2 Å². The molecule has 26 heavy (non-hydrogen) atoms. The van der Waals surface area contributed by atoms with E-state index in [1.54, 1.807) is 12.2 Å². The van der Waals surface area contributed by atoms with Crippen LogP contribution in [0.2, 0.25) is 0 Å². The summed E-state index contributed by atoms with van der Waals surface area (Å²) in [5, 5.41) is 21.6. The Morgan fingerprint density at radius 3 is 2.12 bits per heavy atom. The van der Waals surface area contributed by atoms with Crippen molar-refractivity contribution in [3.8, 4) is 0 Å². The van der Waals surface area contributed by atoms with Crippen LogP contribution in [0.25, 0.3) is 0 Å². The van der Waals surface area contributed by atoms with Gasteiger partial charge in [-0.1, -0.05) is 37.1 Å². The van der Waals surface area contributed by atoms with E-state index >= 15 is 0 Å². The lowest BCUT2D eigenvalue weighted by atomic mass is 9.81. The lowest BCUT2D eigenvalue weighted by Gasteiger charge is -2.27. The van der Waals surface area contributed by atoms with Gasteiger partial charge >= 0.3 is 0 Å². The molecule has 5 heteroatoms. The molecule has 0 aliphatic heterocycles. The number of Topliss-reactive ketones (excluding diaryl/α,β-unsaturated/α-hetero) is 3. The number of ketones is 3. The minimum Gasteiger partial charge on any atom is -0.508 e. The maximum Gasteiger partial charge on any atom is 0.191 e. The maximum atomic E-state index is 12.8. The third-order valence-corrected chi connectivity index (χ3v) is 4.42. The number of carbonyl (C=O) groups is 3. The molecular formula is C21H30O5. The largest absolute Gasteiger partial charge is 0.508 e. The summed E-state index contributed by atoms with van der Waals surface area (Å²) in [6.45, 7) is 10.9. The van der Waals surface area contributed by atoms with Gasteiger partial charge in [0.05, 0.1) is 5.92 Å². The molecule has 0 spiro atoms. The van der Waals surface area contributed by atoms with Gasteiger partial charge in [0.15, 0.2) is 23.0 Å². The van der Waals surface area contributed by atoms with Crippen LogP contribution in [0.4, 0.5) is 0 Å². The Bertz CT molecular complexity index is 685. The number of rotatable bonds is 8. The number of aliphatic hydroxyl groups excluding tert-OH is 1. The third kappa shape index (κ3) is 4.58. The Morgan fingerprint density at radius 2 is 1.65 bits per heavy atom. The van der Waals surface area contributed by atoms with Crippen molar-refractivity contribution < 1.29 is 24.6 Å². The van der Waals surface area contributed by atoms with Crippen molar-refractivity contribution in [3.63, 3.8) is 0 Å². The average molecular weight is 362 g/mol. The van der Waals surface area contributed by atoms with Gasteiger partial charge < -0.3 is 10.2 Å². The Balaban J connectivity index is 3.41. The monoisotopic (exact) mass is 362 g/mol. The van der Waals surface area contributed by atoms with E-state index in [9.17, 15) is 24.6 Å². The van der Waals surface area contributed by atoms with Crippen molar-refractivity contribution in [1.29, 1.82) is 0 Å². The summed E-state index contributed by atoms with van der Waals surface area (Å²) in [6, 6.07) is 0. The Kier molecular flexibility index (Phi) is 7.27. The van der Waals surface area contributed by atoms with Gasteiger partial charge in [0, 0.05) is 12.8 Å². The van der Waals surface area contributed by atoms with Gasteiger partial charge in [0.1, 0.15) is 11.3 Å². The minimum absolute atomic E-state index is 0.0121. The summed E-state index contributed by atoms with van der Waals surface area (Å²) in [5.74, 6) is -3.84. The van der Waals surface area contributed by atoms with E-state index in [0.29, 0.717) is 0 Å². The number of allylic oxidation sites excluding steroid dienone is 5. The third-order valence-electron chi connectivity index (χ3n) is 4.42. The molecule has 0 amide bonds. The van der Waals surface area contributed by atoms with Crippen LogP contribution >= 0.6 is 0 Å². The van der Waals surface area contributed by atoms with E-state index in [1.807, 2.05) is 41.5 Å². The van der Waals surface area contributed by atoms with Gasteiger partial charge in [-0.2, -0.15) is 0 Å². The molecule has 1 rings (SSSR count). The fourth-order valence-corrected chi connectivity index (χ4v) is 2.99. The summed E-state index contributed by atoms with van der Waals surface area (Å²) < 4.78 is 0. The molecule has 0 heterocycles. The Labute approximate surface area is 155 Å². The zero-order chi connectivity index (χ0) is 20.2. The van der Waals surface area contributed by atoms with Crippen molar-refractivity contribution in [2.45, 2.75) is 66.4 Å². The van der Waals surface area contributed by atoms with Gasteiger partial charge in [0.25, 0.3) is 0 Å². The van der Waals surface area contributed by atoms with E-state index in [0.717, 1.165) is 11.1 Å². The molecule has 1 aliphatic carbocycles. The first-order valence-corrected chi connectivity index (χ1v) is 8.96. The van der Waals surface area contributed by atoms with E-state index in [4.69, 9.17) is 0 Å². The van der Waals surface area contributed by atoms with Crippen molar-refractivity contribution in [1.82, 2.24) is 0 Å². The second-order valence-corrected chi connectivity index (χ2v) is 7.85. The molecule has 2 N–H and O–H groups in total. The standard InChI is InChI=1S/C21H30O5/c1-12(2)7-9-15-19(24)18(16(22)11-14(5)6)20(25)21(15,26)17(23)10-8-13(3)4/h7-8,14-15,25-26H,9-11H2,1-6H3/t15-,21+/m1/s1. The molecule has 0 saturated carbocycles. The molecule has 1 aliphatic rings. The molecule has 0 unspecified atom stereocenters. The molecule has 0 aromatic carbocycles. The Morgan fingerprint density at radius 1 is 1.12 bits per heavy atom. The van der Waals surface area contributed by atoms with Gasteiger partial charge in [0.2, 0.25) is 0 Å². The second-order valence-electron chi connectivity index (χ2n) is 7.85. The molecule has 2 atom stereocenters. The highest BCUT2D eigenvalue weighted by Crippen LogP contribution is 2.41. The first kappa shape index (κ1) is 22.0. The van der Waals surface area contributed by atoms with Crippen molar-refractivity contribution in [3.05, 3.63) is 34.6 Å². The zero-order valence-corrected chi connectivity index (χ0v) is 16.5.